The zero-order chi connectivity index (χ0) is 20.3. The molecular weight excluding hydrogens is 354 g/mol. The highest BCUT2D eigenvalue weighted by Crippen LogP contribution is 2.20. The Hall–Kier alpha value is -3.15. The fourth-order valence-electron chi connectivity index (χ4n) is 3.22. The molecule has 3 aromatic rings. The van der Waals surface area contributed by atoms with E-state index < -0.39 is 0 Å². The minimum absolute atomic E-state index is 0.139. The van der Waals surface area contributed by atoms with Crippen LogP contribution in [0.5, 0.6) is 5.75 Å². The van der Waals surface area contributed by atoms with Gasteiger partial charge in [0.15, 0.2) is 5.69 Å². The number of amides is 1. The summed E-state index contributed by atoms with van der Waals surface area (Å²) in [5, 5.41) is 8.33. The fourth-order valence-corrected chi connectivity index (χ4v) is 3.22. The summed E-state index contributed by atoms with van der Waals surface area (Å²) in [6.45, 7) is 6.20. The number of nitrogens with zero attached hydrogens (tertiary/aromatic N) is 2. The van der Waals surface area contributed by atoms with E-state index in [-0.39, 0.29) is 23.2 Å². The molecule has 1 N–H and O–H groups in total. The van der Waals surface area contributed by atoms with Crippen LogP contribution >= 0.6 is 0 Å². The highest BCUT2D eigenvalue weighted by Gasteiger charge is 2.17. The maximum absolute atomic E-state index is 12.8. The first-order chi connectivity index (χ1) is 13.4. The molecular formula is C22H25N3O3. The van der Waals surface area contributed by atoms with Gasteiger partial charge in [-0.1, -0.05) is 35.9 Å². The first-order valence-electron chi connectivity index (χ1n) is 9.35. The van der Waals surface area contributed by atoms with E-state index in [1.165, 1.54) is 4.68 Å². The summed E-state index contributed by atoms with van der Waals surface area (Å²) < 4.78 is 6.75. The molecule has 146 valence electrons. The SMILES string of the molecule is COc1ccc(C)cc1CCNC(=O)c1nn(C(C)C)c(=O)c2ccccc12. The van der Waals surface area contributed by atoms with Crippen molar-refractivity contribution in [3.05, 3.63) is 69.6 Å². The number of nitrogens with one attached hydrogen (secondary N) is 1. The lowest BCUT2D eigenvalue weighted by Crippen LogP contribution is -2.32. The van der Waals surface area contributed by atoms with Gasteiger partial charge < -0.3 is 10.1 Å². The summed E-state index contributed by atoms with van der Waals surface area (Å²) in [6.07, 6.45) is 0.637. The number of carbonyl (C=O) groups is 1. The lowest BCUT2D eigenvalue weighted by atomic mass is 10.1. The van der Waals surface area contributed by atoms with Crippen molar-refractivity contribution in [1.29, 1.82) is 0 Å². The number of aryl methyl sites for hydroxylation is 1. The standard InChI is InChI=1S/C22H25N3O3/c1-14(2)25-22(27)18-8-6-5-7-17(18)20(24-25)21(26)23-12-11-16-13-15(3)9-10-19(16)28-4/h5-10,13-14H,11-12H2,1-4H3,(H,23,26). The minimum atomic E-state index is -0.294. The van der Waals surface area contributed by atoms with Gasteiger partial charge in [-0.05, 0) is 44.9 Å². The van der Waals surface area contributed by atoms with Crippen LogP contribution in [-0.4, -0.2) is 29.3 Å². The van der Waals surface area contributed by atoms with E-state index in [2.05, 4.69) is 16.5 Å². The number of hydrogen-bond donors (Lipinski definition) is 1. The van der Waals surface area contributed by atoms with Crippen LogP contribution in [0.15, 0.2) is 47.3 Å². The molecule has 28 heavy (non-hydrogen) atoms. The van der Waals surface area contributed by atoms with Crippen LogP contribution in [0, 0.1) is 6.92 Å². The Morgan fingerprint density at radius 3 is 2.57 bits per heavy atom. The second kappa shape index (κ2) is 8.25. The minimum Gasteiger partial charge on any atom is -0.496 e. The average Bonchev–Trinajstić information content (AvgIpc) is 2.68. The largest absolute Gasteiger partial charge is 0.496 e. The summed E-state index contributed by atoms with van der Waals surface area (Å²) in [5.74, 6) is 0.508. The normalized spacial score (nSPS) is 11.0. The number of fused-ring (bicyclic) bond motifs is 1. The summed E-state index contributed by atoms with van der Waals surface area (Å²) >= 11 is 0. The second-order valence-corrected chi connectivity index (χ2v) is 7.06. The van der Waals surface area contributed by atoms with Crippen molar-refractivity contribution >= 4 is 16.7 Å². The van der Waals surface area contributed by atoms with Crippen LogP contribution in [0.25, 0.3) is 10.8 Å². The molecule has 0 bridgehead atoms. The van der Waals surface area contributed by atoms with E-state index in [1.807, 2.05) is 32.9 Å². The molecule has 1 heterocycles. The fraction of sp³-hybridized carbons (Fsp3) is 0.318. The van der Waals surface area contributed by atoms with Gasteiger partial charge in [0.2, 0.25) is 0 Å². The van der Waals surface area contributed by atoms with Gasteiger partial charge in [-0.15, -0.1) is 0 Å². The third-order valence-corrected chi connectivity index (χ3v) is 4.65. The number of carbonyl (C=O) groups excluding carboxylic acids is 1. The zero-order valence-electron chi connectivity index (χ0n) is 16.7. The van der Waals surface area contributed by atoms with Crippen molar-refractivity contribution in [1.82, 2.24) is 15.1 Å². The van der Waals surface area contributed by atoms with E-state index in [4.69, 9.17) is 4.74 Å². The third kappa shape index (κ3) is 3.91. The van der Waals surface area contributed by atoms with Gasteiger partial charge in [0.1, 0.15) is 5.75 Å². The summed E-state index contributed by atoms with van der Waals surface area (Å²) in [4.78, 5) is 25.4. The van der Waals surface area contributed by atoms with Gasteiger partial charge in [0.25, 0.3) is 11.5 Å². The van der Waals surface area contributed by atoms with Crippen LogP contribution < -0.4 is 15.6 Å². The van der Waals surface area contributed by atoms with Gasteiger partial charge >= 0.3 is 0 Å². The van der Waals surface area contributed by atoms with E-state index in [0.29, 0.717) is 23.7 Å². The molecule has 0 radical (unpaired) electrons. The van der Waals surface area contributed by atoms with Gasteiger partial charge in [-0.3, -0.25) is 9.59 Å². The average molecular weight is 379 g/mol. The van der Waals surface area contributed by atoms with Crippen molar-refractivity contribution in [2.75, 3.05) is 13.7 Å². The Kier molecular flexibility index (Phi) is 5.78. The summed E-state index contributed by atoms with van der Waals surface area (Å²) in [6, 6.07) is 12.9. The number of benzene rings is 2. The molecule has 0 aliphatic rings. The molecule has 6 nitrogen and oxygen atoms in total. The molecule has 0 unspecified atom stereocenters. The Morgan fingerprint density at radius 1 is 1.18 bits per heavy atom. The monoisotopic (exact) mass is 379 g/mol. The maximum atomic E-state index is 12.8. The van der Waals surface area contributed by atoms with Crippen molar-refractivity contribution < 1.29 is 9.53 Å². The van der Waals surface area contributed by atoms with E-state index >= 15 is 0 Å². The Balaban J connectivity index is 1.85. The Labute approximate surface area is 164 Å². The van der Waals surface area contributed by atoms with Crippen LogP contribution in [0.4, 0.5) is 0 Å². The molecule has 3 rings (SSSR count). The van der Waals surface area contributed by atoms with Crippen LogP contribution in [-0.2, 0) is 6.42 Å². The first-order valence-corrected chi connectivity index (χ1v) is 9.35. The van der Waals surface area contributed by atoms with Gasteiger partial charge in [0.05, 0.1) is 18.5 Å². The van der Waals surface area contributed by atoms with Crippen molar-refractivity contribution in [2.45, 2.75) is 33.2 Å². The van der Waals surface area contributed by atoms with Crippen LogP contribution in [0.1, 0.15) is 41.5 Å². The van der Waals surface area contributed by atoms with E-state index in [9.17, 15) is 9.59 Å². The third-order valence-electron chi connectivity index (χ3n) is 4.65. The second-order valence-electron chi connectivity index (χ2n) is 7.06. The van der Waals surface area contributed by atoms with Crippen LogP contribution in [0.2, 0.25) is 0 Å². The molecule has 0 saturated carbocycles. The van der Waals surface area contributed by atoms with Crippen molar-refractivity contribution in [3.8, 4) is 5.75 Å². The lowest BCUT2D eigenvalue weighted by Gasteiger charge is -2.14. The summed E-state index contributed by atoms with van der Waals surface area (Å²) in [7, 11) is 1.64. The molecule has 0 fully saturated rings. The topological polar surface area (TPSA) is 73.2 Å². The number of hydrogen-bond acceptors (Lipinski definition) is 4. The molecule has 6 heteroatoms. The highest BCUT2D eigenvalue weighted by atomic mass is 16.5. The first kappa shape index (κ1) is 19.6. The number of methoxy groups -OCH3 is 1. The summed E-state index contributed by atoms with van der Waals surface area (Å²) in [5.41, 5.74) is 2.25. The molecule has 1 amide bonds. The van der Waals surface area contributed by atoms with E-state index in [0.717, 1.165) is 16.9 Å². The lowest BCUT2D eigenvalue weighted by molar-refractivity contribution is 0.0948. The number of rotatable bonds is 6. The molecule has 0 aliphatic carbocycles. The number of ether oxygens (including phenoxy) is 1. The number of aromatic nitrogens is 2. The molecule has 1 aromatic heterocycles. The van der Waals surface area contributed by atoms with Crippen LogP contribution in [0.3, 0.4) is 0 Å². The quantitative estimate of drug-likeness (QED) is 0.713. The highest BCUT2D eigenvalue weighted by molar-refractivity contribution is 6.04. The van der Waals surface area contributed by atoms with Gasteiger partial charge in [0, 0.05) is 11.9 Å². The van der Waals surface area contributed by atoms with E-state index in [1.54, 1.807) is 31.4 Å². The van der Waals surface area contributed by atoms with Crippen molar-refractivity contribution in [2.24, 2.45) is 0 Å². The van der Waals surface area contributed by atoms with Crippen molar-refractivity contribution in [3.63, 3.8) is 0 Å². The Morgan fingerprint density at radius 2 is 1.89 bits per heavy atom. The Bertz CT molecular complexity index is 1070. The predicted octanol–water partition coefficient (Wildman–Crippen LogP) is 3.27. The molecule has 0 spiro atoms. The molecule has 0 saturated heterocycles. The predicted molar refractivity (Wildman–Crippen MR) is 110 cm³/mol. The molecule has 2 aromatic carbocycles. The maximum Gasteiger partial charge on any atom is 0.274 e. The van der Waals surface area contributed by atoms with Gasteiger partial charge in [-0.25, -0.2) is 4.68 Å². The molecule has 0 atom stereocenters. The van der Waals surface area contributed by atoms with Gasteiger partial charge in [-0.2, -0.15) is 5.10 Å². The zero-order valence-corrected chi connectivity index (χ0v) is 16.7. The molecule has 0 aliphatic heterocycles. The smallest absolute Gasteiger partial charge is 0.274 e.